The van der Waals surface area contributed by atoms with Gasteiger partial charge in [0.15, 0.2) is 16.5 Å². The SMILES string of the molecule is CSC(=[SH+])[N-]N=Cc1ccccn1.[Cl][Cu]. The van der Waals surface area contributed by atoms with Crippen LogP contribution in [0.5, 0.6) is 0 Å². The number of halogens is 1. The van der Waals surface area contributed by atoms with Gasteiger partial charge >= 0.3 is 25.2 Å². The third-order valence-corrected chi connectivity index (χ3v) is 2.29. The second-order valence-corrected chi connectivity index (χ2v) is 3.61. The van der Waals surface area contributed by atoms with Crippen molar-refractivity contribution < 1.29 is 15.1 Å². The van der Waals surface area contributed by atoms with Crippen LogP contribution >= 0.6 is 21.9 Å². The number of thiol groups is 1. The summed E-state index contributed by atoms with van der Waals surface area (Å²) in [4.78, 5) is 4.05. The van der Waals surface area contributed by atoms with E-state index in [1.807, 2.05) is 24.5 Å². The van der Waals surface area contributed by atoms with Crippen molar-refractivity contribution in [1.29, 1.82) is 0 Å². The standard InChI is InChI=1S/C8H9N3S2.ClH.Cu/c1-13-8(12)11-10-6-7-4-2-3-5-9-7;;/h2-6H,1H3,(H,9,11,12);1H;/q;;+1/p-1. The Morgan fingerprint density at radius 3 is 2.93 bits per heavy atom. The summed E-state index contributed by atoms with van der Waals surface area (Å²) < 4.78 is 0.632. The Bertz CT molecular complexity index is 308. The Morgan fingerprint density at radius 2 is 2.40 bits per heavy atom. The Balaban J connectivity index is 0.000000921. The van der Waals surface area contributed by atoms with Crippen LogP contribution in [0.25, 0.3) is 5.43 Å². The fraction of sp³-hybridized carbons (Fsp3) is 0.125. The fourth-order valence-corrected chi connectivity index (χ4v) is 0.811. The summed E-state index contributed by atoms with van der Waals surface area (Å²) in [5.74, 6) is 0. The maximum absolute atomic E-state index is 4.20. The van der Waals surface area contributed by atoms with E-state index in [0.717, 1.165) is 5.69 Å². The van der Waals surface area contributed by atoms with Crippen molar-refractivity contribution in [2.45, 2.75) is 0 Å². The summed E-state index contributed by atoms with van der Waals surface area (Å²) >= 11 is 9.15. The zero-order valence-corrected chi connectivity index (χ0v) is 11.2. The monoisotopic (exact) mass is 309 g/mol. The summed E-state index contributed by atoms with van der Waals surface area (Å²) in [6.07, 6.45) is 5.19. The molecule has 0 bridgehead atoms. The van der Waals surface area contributed by atoms with Gasteiger partial charge in [-0.1, -0.05) is 17.8 Å². The molecule has 0 aliphatic carbocycles. The molecule has 1 aromatic rings. The van der Waals surface area contributed by atoms with Gasteiger partial charge in [0.2, 0.25) is 0 Å². The number of pyridine rings is 1. The molecule has 0 aromatic carbocycles. The van der Waals surface area contributed by atoms with Crippen molar-refractivity contribution in [3.05, 3.63) is 35.5 Å². The van der Waals surface area contributed by atoms with E-state index in [9.17, 15) is 0 Å². The Morgan fingerprint density at radius 1 is 1.67 bits per heavy atom. The van der Waals surface area contributed by atoms with Crippen LogP contribution in [0, 0.1) is 0 Å². The van der Waals surface area contributed by atoms with Gasteiger partial charge in [0, 0.05) is 12.4 Å². The topological polar surface area (TPSA) is 39.4 Å². The van der Waals surface area contributed by atoms with E-state index >= 15 is 0 Å². The molecule has 0 fully saturated rings. The molecule has 0 saturated carbocycles. The molecular formula is C8H9ClCuN3S2. The van der Waals surface area contributed by atoms with Gasteiger partial charge in [0.05, 0.1) is 5.69 Å². The summed E-state index contributed by atoms with van der Waals surface area (Å²) in [5.41, 5.74) is 4.60. The van der Waals surface area contributed by atoms with Crippen LogP contribution in [-0.2, 0) is 27.3 Å². The van der Waals surface area contributed by atoms with E-state index in [0.29, 0.717) is 4.32 Å². The normalized spacial score (nSPS) is 9.33. The molecule has 0 amide bonds. The molecule has 0 aliphatic heterocycles. The summed E-state index contributed by atoms with van der Waals surface area (Å²) in [7, 11) is 4.20. The fourth-order valence-electron chi connectivity index (χ4n) is 0.631. The van der Waals surface area contributed by atoms with Crippen molar-refractivity contribution >= 4 is 44.6 Å². The first-order valence-electron chi connectivity index (χ1n) is 3.69. The average molecular weight is 310 g/mol. The predicted octanol–water partition coefficient (Wildman–Crippen LogP) is 2.21. The first kappa shape index (κ1) is 14.9. The molecule has 0 saturated heterocycles. The van der Waals surface area contributed by atoms with E-state index in [4.69, 9.17) is 0 Å². The van der Waals surface area contributed by atoms with Gasteiger partial charge in [-0.2, -0.15) is 0 Å². The third kappa shape index (κ3) is 7.76. The molecule has 7 heteroatoms. The number of aromatic nitrogens is 1. The zero-order valence-electron chi connectivity index (χ0n) is 7.76. The minimum absolute atomic E-state index is 0.632. The van der Waals surface area contributed by atoms with Crippen LogP contribution in [0.15, 0.2) is 29.5 Å². The van der Waals surface area contributed by atoms with Crippen LogP contribution in [0.4, 0.5) is 0 Å². The van der Waals surface area contributed by atoms with Gasteiger partial charge < -0.3 is 10.5 Å². The third-order valence-electron chi connectivity index (χ3n) is 1.20. The molecule has 0 unspecified atom stereocenters. The van der Waals surface area contributed by atoms with Crippen LogP contribution in [0.1, 0.15) is 5.69 Å². The van der Waals surface area contributed by atoms with Crippen molar-refractivity contribution in [1.82, 2.24) is 4.98 Å². The molecule has 0 radical (unpaired) electrons. The zero-order chi connectivity index (χ0) is 11.5. The van der Waals surface area contributed by atoms with Gasteiger partial charge in [-0.15, -0.1) is 0 Å². The molecule has 1 rings (SSSR count). The Labute approximate surface area is 111 Å². The first-order valence-corrected chi connectivity index (χ1v) is 6.66. The van der Waals surface area contributed by atoms with E-state index < -0.39 is 0 Å². The first-order chi connectivity index (χ1) is 7.33. The van der Waals surface area contributed by atoms with E-state index in [1.54, 1.807) is 12.4 Å². The summed E-state index contributed by atoms with van der Waals surface area (Å²) in [6, 6.07) is 5.61. The molecule has 1 aromatic heterocycles. The predicted molar refractivity (Wildman–Crippen MR) is 68.3 cm³/mol. The van der Waals surface area contributed by atoms with Crippen molar-refractivity contribution in [3.8, 4) is 0 Å². The van der Waals surface area contributed by atoms with Crippen LogP contribution in [0.3, 0.4) is 0 Å². The van der Waals surface area contributed by atoms with Gasteiger partial charge in [0.1, 0.15) is 0 Å². The minimum atomic E-state index is 0.632. The van der Waals surface area contributed by atoms with Crippen molar-refractivity contribution in [3.63, 3.8) is 0 Å². The number of hydrogen-bond acceptors (Lipinski definition) is 3. The molecule has 1 heterocycles. The van der Waals surface area contributed by atoms with E-state index in [2.05, 4.69) is 52.9 Å². The maximum atomic E-state index is 4.20. The van der Waals surface area contributed by atoms with E-state index in [-0.39, 0.29) is 0 Å². The van der Waals surface area contributed by atoms with Gasteiger partial charge in [-0.25, -0.2) is 0 Å². The van der Waals surface area contributed by atoms with Crippen LogP contribution in [0.2, 0.25) is 0 Å². The quantitative estimate of drug-likeness (QED) is 0.210. The van der Waals surface area contributed by atoms with Gasteiger partial charge in [-0.05, 0) is 18.4 Å². The van der Waals surface area contributed by atoms with Gasteiger partial charge in [-0.3, -0.25) is 4.98 Å². The second-order valence-electron chi connectivity index (χ2n) is 2.09. The molecular weight excluding hydrogens is 301 g/mol. The van der Waals surface area contributed by atoms with Crippen LogP contribution < -0.4 is 0 Å². The number of hydrogen-bond donors (Lipinski definition) is 0. The summed E-state index contributed by atoms with van der Waals surface area (Å²) in [5, 5.41) is 3.82. The number of nitrogens with zero attached hydrogens (tertiary/aromatic N) is 3. The van der Waals surface area contributed by atoms with Crippen LogP contribution in [-0.4, -0.2) is 21.8 Å². The second kappa shape index (κ2) is 10.4. The van der Waals surface area contributed by atoms with Crippen molar-refractivity contribution in [2.24, 2.45) is 5.10 Å². The summed E-state index contributed by atoms with van der Waals surface area (Å²) in [6.45, 7) is 0. The molecule has 15 heavy (non-hydrogen) atoms. The van der Waals surface area contributed by atoms with Gasteiger partial charge in [0.25, 0.3) is 0 Å². The molecule has 0 N–H and O–H groups in total. The van der Waals surface area contributed by atoms with E-state index in [1.165, 1.54) is 11.8 Å². The Hall–Kier alpha value is -0.131. The number of thioether (sulfide) groups is 1. The Kier molecular flexibility index (Phi) is 10.3. The number of rotatable bonds is 2. The van der Waals surface area contributed by atoms with Crippen molar-refractivity contribution in [2.75, 3.05) is 6.26 Å². The average Bonchev–Trinajstić information content (AvgIpc) is 2.33. The molecule has 0 aliphatic rings. The molecule has 3 nitrogen and oxygen atoms in total. The molecule has 0 spiro atoms. The molecule has 0 atom stereocenters. The molecule has 86 valence electrons.